The van der Waals surface area contributed by atoms with Gasteiger partial charge >= 0.3 is 0 Å². The Balaban J connectivity index is 2.39. The topological polar surface area (TPSA) is 74.8 Å². The second-order valence-corrected chi connectivity index (χ2v) is 5.78. The van der Waals surface area contributed by atoms with Crippen molar-refractivity contribution in [2.24, 2.45) is 0 Å². The highest BCUT2D eigenvalue weighted by atomic mass is 79.9. The van der Waals surface area contributed by atoms with Gasteiger partial charge in [0.15, 0.2) is 5.03 Å². The molecule has 2 N–H and O–H groups in total. The molecule has 0 radical (unpaired) electrons. The van der Waals surface area contributed by atoms with Crippen molar-refractivity contribution in [3.8, 4) is 0 Å². The number of benzene rings is 1. The van der Waals surface area contributed by atoms with Gasteiger partial charge in [-0.25, -0.2) is 8.78 Å². The molecule has 1 aromatic heterocycles. The molecule has 18 heavy (non-hydrogen) atoms. The summed E-state index contributed by atoms with van der Waals surface area (Å²) < 4.78 is 51.8. The standard InChI is InChI=1S/C9H6BrF2N3O2S/c10-5-3-8(7(12)4-6(5)11)15-18(16,17)9-1-2-13-14-9/h1-4,15H,(H,13,14). The Morgan fingerprint density at radius 3 is 2.61 bits per heavy atom. The van der Waals surface area contributed by atoms with Crippen LogP contribution in [0.1, 0.15) is 0 Å². The lowest BCUT2D eigenvalue weighted by atomic mass is 10.3. The van der Waals surface area contributed by atoms with Gasteiger partial charge in [0.05, 0.1) is 16.4 Å². The van der Waals surface area contributed by atoms with Gasteiger partial charge in [0.25, 0.3) is 10.0 Å². The molecule has 0 saturated carbocycles. The maximum absolute atomic E-state index is 13.4. The zero-order chi connectivity index (χ0) is 13.3. The van der Waals surface area contributed by atoms with Crippen molar-refractivity contribution in [3.05, 3.63) is 40.5 Å². The Morgan fingerprint density at radius 2 is 2.00 bits per heavy atom. The Labute approximate surface area is 109 Å². The largest absolute Gasteiger partial charge is 0.278 e. The van der Waals surface area contributed by atoms with Crippen molar-refractivity contribution >= 4 is 31.6 Å². The van der Waals surface area contributed by atoms with Crippen LogP contribution in [0.3, 0.4) is 0 Å². The van der Waals surface area contributed by atoms with Gasteiger partial charge in [0.1, 0.15) is 11.6 Å². The molecule has 5 nitrogen and oxygen atoms in total. The van der Waals surface area contributed by atoms with Gasteiger partial charge in [-0.3, -0.25) is 9.82 Å². The predicted octanol–water partition coefficient (Wildman–Crippen LogP) is 2.25. The molecular weight excluding hydrogens is 332 g/mol. The van der Waals surface area contributed by atoms with Crippen molar-refractivity contribution < 1.29 is 17.2 Å². The van der Waals surface area contributed by atoms with Gasteiger partial charge in [-0.2, -0.15) is 13.5 Å². The molecule has 0 bridgehead atoms. The molecule has 0 saturated heterocycles. The number of rotatable bonds is 3. The van der Waals surface area contributed by atoms with E-state index in [9.17, 15) is 17.2 Å². The first-order valence-corrected chi connectivity index (χ1v) is 6.84. The quantitative estimate of drug-likeness (QED) is 0.843. The average molecular weight is 338 g/mol. The number of nitrogens with zero attached hydrogens (tertiary/aromatic N) is 1. The molecule has 1 heterocycles. The molecule has 0 aliphatic carbocycles. The lowest BCUT2D eigenvalue weighted by molar-refractivity contribution is 0.578. The molecule has 0 aliphatic rings. The second kappa shape index (κ2) is 4.65. The number of sulfonamides is 1. The second-order valence-electron chi connectivity index (χ2n) is 3.27. The highest BCUT2D eigenvalue weighted by Crippen LogP contribution is 2.25. The van der Waals surface area contributed by atoms with E-state index < -0.39 is 21.7 Å². The van der Waals surface area contributed by atoms with E-state index in [-0.39, 0.29) is 15.2 Å². The summed E-state index contributed by atoms with van der Waals surface area (Å²) in [5.74, 6) is -1.84. The molecule has 0 unspecified atom stereocenters. The van der Waals surface area contributed by atoms with Crippen LogP contribution in [0.2, 0.25) is 0 Å². The summed E-state index contributed by atoms with van der Waals surface area (Å²) in [6.45, 7) is 0. The minimum atomic E-state index is -3.97. The summed E-state index contributed by atoms with van der Waals surface area (Å²) in [6, 6.07) is 2.78. The summed E-state index contributed by atoms with van der Waals surface area (Å²) in [4.78, 5) is 0. The Bertz CT molecular complexity index is 673. The minimum Gasteiger partial charge on any atom is -0.275 e. The predicted molar refractivity (Wildman–Crippen MR) is 63.5 cm³/mol. The fraction of sp³-hybridized carbons (Fsp3) is 0. The van der Waals surface area contributed by atoms with Crippen LogP contribution in [0.25, 0.3) is 0 Å². The van der Waals surface area contributed by atoms with Crippen molar-refractivity contribution in [3.63, 3.8) is 0 Å². The van der Waals surface area contributed by atoms with Gasteiger partial charge in [-0.1, -0.05) is 0 Å². The lowest BCUT2D eigenvalue weighted by Crippen LogP contribution is -2.14. The number of aromatic amines is 1. The first kappa shape index (κ1) is 13.0. The first-order chi connectivity index (χ1) is 8.40. The molecular formula is C9H6BrF2N3O2S. The third-order valence-electron chi connectivity index (χ3n) is 2.02. The van der Waals surface area contributed by atoms with E-state index in [1.165, 1.54) is 12.3 Å². The maximum atomic E-state index is 13.4. The van der Waals surface area contributed by atoms with E-state index in [0.717, 1.165) is 6.07 Å². The molecule has 0 aliphatic heterocycles. The first-order valence-electron chi connectivity index (χ1n) is 4.57. The molecule has 0 atom stereocenters. The number of nitrogens with one attached hydrogen (secondary N) is 2. The maximum Gasteiger partial charge on any atom is 0.278 e. The fourth-order valence-electron chi connectivity index (χ4n) is 1.19. The van der Waals surface area contributed by atoms with Crippen LogP contribution in [0.15, 0.2) is 33.9 Å². The molecule has 9 heteroatoms. The highest BCUT2D eigenvalue weighted by molar-refractivity contribution is 9.10. The van der Waals surface area contributed by atoms with E-state index >= 15 is 0 Å². The van der Waals surface area contributed by atoms with E-state index in [2.05, 4.69) is 26.1 Å². The number of H-pyrrole nitrogens is 1. The smallest absolute Gasteiger partial charge is 0.275 e. The van der Waals surface area contributed by atoms with Gasteiger partial charge in [0.2, 0.25) is 0 Å². The molecule has 2 aromatic rings. The molecule has 96 valence electrons. The summed E-state index contributed by atoms with van der Waals surface area (Å²) in [5.41, 5.74) is -0.363. The molecule has 0 spiro atoms. The average Bonchev–Trinajstić information content (AvgIpc) is 2.79. The van der Waals surface area contributed by atoms with Crippen molar-refractivity contribution in [2.75, 3.05) is 4.72 Å². The van der Waals surface area contributed by atoms with E-state index in [1.807, 2.05) is 4.72 Å². The normalized spacial score (nSPS) is 11.5. The Morgan fingerprint density at radius 1 is 1.28 bits per heavy atom. The monoisotopic (exact) mass is 337 g/mol. The summed E-state index contributed by atoms with van der Waals surface area (Å²) in [6.07, 6.45) is 1.24. The zero-order valence-corrected chi connectivity index (χ0v) is 11.0. The zero-order valence-electron chi connectivity index (χ0n) is 8.62. The fourth-order valence-corrected chi connectivity index (χ4v) is 2.51. The molecule has 0 fully saturated rings. The van der Waals surface area contributed by atoms with Crippen molar-refractivity contribution in [2.45, 2.75) is 5.03 Å². The summed E-state index contributed by atoms with van der Waals surface area (Å²) >= 11 is 2.84. The van der Waals surface area contributed by atoms with Crippen LogP contribution in [0.4, 0.5) is 14.5 Å². The number of anilines is 1. The van der Waals surface area contributed by atoms with E-state index in [1.54, 1.807) is 0 Å². The third kappa shape index (κ3) is 2.51. The third-order valence-corrected chi connectivity index (χ3v) is 3.92. The summed E-state index contributed by atoms with van der Waals surface area (Å²) in [5, 5.41) is 5.49. The van der Waals surface area contributed by atoms with Crippen molar-refractivity contribution in [1.29, 1.82) is 0 Å². The highest BCUT2D eigenvalue weighted by Gasteiger charge is 2.18. The van der Waals surface area contributed by atoms with Gasteiger partial charge in [0, 0.05) is 6.07 Å². The summed E-state index contributed by atoms with van der Waals surface area (Å²) in [7, 11) is -3.97. The van der Waals surface area contributed by atoms with Gasteiger partial charge in [-0.15, -0.1) is 0 Å². The van der Waals surface area contributed by atoms with Crippen LogP contribution < -0.4 is 4.72 Å². The number of hydrogen-bond acceptors (Lipinski definition) is 3. The minimum absolute atomic E-state index is 0.0498. The van der Waals surface area contributed by atoms with E-state index in [0.29, 0.717) is 6.07 Å². The van der Waals surface area contributed by atoms with Crippen LogP contribution >= 0.6 is 15.9 Å². The number of hydrogen-bond donors (Lipinski definition) is 2. The molecule has 0 amide bonds. The van der Waals surface area contributed by atoms with E-state index in [4.69, 9.17) is 0 Å². The van der Waals surface area contributed by atoms with Crippen LogP contribution in [0.5, 0.6) is 0 Å². The van der Waals surface area contributed by atoms with Crippen molar-refractivity contribution in [1.82, 2.24) is 10.2 Å². The number of aromatic nitrogens is 2. The molecule has 1 aromatic carbocycles. The SMILES string of the molecule is O=S(=O)(Nc1cc(Br)c(F)cc1F)c1ccn[nH]1. The van der Waals surface area contributed by atoms with Crippen LogP contribution in [-0.4, -0.2) is 18.6 Å². The lowest BCUT2D eigenvalue weighted by Gasteiger charge is -2.08. The number of halogens is 3. The van der Waals surface area contributed by atoms with Gasteiger partial charge in [-0.05, 0) is 28.1 Å². The van der Waals surface area contributed by atoms with Gasteiger partial charge < -0.3 is 0 Å². The van der Waals surface area contributed by atoms with Crippen LogP contribution in [0, 0.1) is 11.6 Å². The Kier molecular flexibility index (Phi) is 3.35. The Hall–Kier alpha value is -1.48. The molecule has 2 rings (SSSR count). The van der Waals surface area contributed by atoms with Crippen LogP contribution in [-0.2, 0) is 10.0 Å².